The fourth-order valence-corrected chi connectivity index (χ4v) is 2.94. The maximum atomic E-state index is 12.7. The minimum absolute atomic E-state index is 0.0959. The van der Waals surface area contributed by atoms with Gasteiger partial charge in [-0.05, 0) is 37.0 Å². The van der Waals surface area contributed by atoms with Gasteiger partial charge in [-0.3, -0.25) is 4.79 Å². The highest BCUT2D eigenvalue weighted by Gasteiger charge is 2.31. The van der Waals surface area contributed by atoms with Crippen molar-refractivity contribution >= 4 is 16.9 Å². The topological polar surface area (TPSA) is 38.1 Å². The highest BCUT2D eigenvalue weighted by molar-refractivity contribution is 5.92. The normalized spacial score (nSPS) is 16.5. The Morgan fingerprint density at radius 2 is 2.00 bits per heavy atom. The van der Waals surface area contributed by atoms with E-state index in [4.69, 9.17) is 6.42 Å². The molecule has 1 aromatic carbocycles. The average Bonchev–Trinajstić information content (AvgIpc) is 2.96. The molecule has 0 bridgehead atoms. The van der Waals surface area contributed by atoms with Gasteiger partial charge in [-0.2, -0.15) is 13.2 Å². The van der Waals surface area contributed by atoms with E-state index in [0.717, 1.165) is 12.1 Å². The number of terminal acetylenes is 1. The molecule has 1 aliphatic heterocycles. The summed E-state index contributed by atoms with van der Waals surface area (Å²) in [5, 5.41) is 0. The first-order valence-corrected chi connectivity index (χ1v) is 7.19. The first-order valence-electron chi connectivity index (χ1n) is 7.19. The molecule has 1 saturated heterocycles. The molecular formula is C16H14F3N3O. The summed E-state index contributed by atoms with van der Waals surface area (Å²) >= 11 is 0. The number of halogens is 3. The standard InChI is InChI=1S/C16H14F3N3O/c1-2-15(23)21-7-5-12(6-8-21)22-10-20-13-9-11(16(17,18)19)3-4-14(13)22/h1,3-4,9-10,12H,5-8H2. The second-order valence-corrected chi connectivity index (χ2v) is 5.52. The van der Waals surface area contributed by atoms with E-state index in [1.807, 2.05) is 4.57 Å². The van der Waals surface area contributed by atoms with Crippen molar-refractivity contribution in [2.24, 2.45) is 0 Å². The first kappa shape index (κ1) is 15.4. The van der Waals surface area contributed by atoms with E-state index in [-0.39, 0.29) is 11.9 Å². The van der Waals surface area contributed by atoms with E-state index < -0.39 is 11.7 Å². The van der Waals surface area contributed by atoms with Crippen molar-refractivity contribution in [3.8, 4) is 12.3 Å². The van der Waals surface area contributed by atoms with E-state index in [2.05, 4.69) is 10.9 Å². The van der Waals surface area contributed by atoms with Crippen LogP contribution >= 0.6 is 0 Å². The van der Waals surface area contributed by atoms with Crippen molar-refractivity contribution in [1.29, 1.82) is 0 Å². The summed E-state index contributed by atoms with van der Waals surface area (Å²) in [5.74, 6) is 1.77. The minimum atomic E-state index is -4.38. The van der Waals surface area contributed by atoms with Gasteiger partial charge in [-0.25, -0.2) is 4.98 Å². The molecule has 0 spiro atoms. The van der Waals surface area contributed by atoms with Gasteiger partial charge in [0, 0.05) is 19.1 Å². The van der Waals surface area contributed by atoms with Crippen molar-refractivity contribution in [2.75, 3.05) is 13.1 Å². The van der Waals surface area contributed by atoms with Crippen molar-refractivity contribution in [2.45, 2.75) is 25.1 Å². The maximum absolute atomic E-state index is 12.7. The Morgan fingerprint density at radius 3 is 2.61 bits per heavy atom. The number of aromatic nitrogens is 2. The lowest BCUT2D eigenvalue weighted by atomic mass is 10.0. The number of hydrogen-bond donors (Lipinski definition) is 0. The number of rotatable bonds is 1. The molecule has 120 valence electrons. The zero-order valence-electron chi connectivity index (χ0n) is 12.2. The van der Waals surface area contributed by atoms with Crippen molar-refractivity contribution in [3.05, 3.63) is 30.1 Å². The molecule has 3 rings (SSSR count). The van der Waals surface area contributed by atoms with Crippen LogP contribution < -0.4 is 0 Å². The number of likely N-dealkylation sites (tertiary alicyclic amines) is 1. The summed E-state index contributed by atoms with van der Waals surface area (Å²) in [4.78, 5) is 17.2. The second kappa shape index (κ2) is 5.61. The lowest BCUT2D eigenvalue weighted by Gasteiger charge is -2.31. The summed E-state index contributed by atoms with van der Waals surface area (Å²) in [6, 6.07) is 3.67. The van der Waals surface area contributed by atoms with E-state index in [1.54, 1.807) is 11.2 Å². The summed E-state index contributed by atoms with van der Waals surface area (Å²) in [5.41, 5.74) is 0.284. The van der Waals surface area contributed by atoms with Gasteiger partial charge >= 0.3 is 6.18 Å². The molecule has 4 nitrogen and oxygen atoms in total. The van der Waals surface area contributed by atoms with Gasteiger partial charge < -0.3 is 9.47 Å². The Hall–Kier alpha value is -2.49. The number of carbonyl (C=O) groups excluding carboxylic acids is 1. The summed E-state index contributed by atoms with van der Waals surface area (Å²) < 4.78 is 40.1. The molecule has 7 heteroatoms. The van der Waals surface area contributed by atoms with Crippen molar-refractivity contribution < 1.29 is 18.0 Å². The summed E-state index contributed by atoms with van der Waals surface area (Å²) in [6.07, 6.45) is 3.68. The number of alkyl halides is 3. The van der Waals surface area contributed by atoms with Crippen LogP contribution in [0.5, 0.6) is 0 Å². The Morgan fingerprint density at radius 1 is 1.30 bits per heavy atom. The first-order chi connectivity index (χ1) is 10.9. The molecular weight excluding hydrogens is 307 g/mol. The van der Waals surface area contributed by atoms with Crippen molar-refractivity contribution in [3.63, 3.8) is 0 Å². The zero-order valence-corrected chi connectivity index (χ0v) is 12.2. The number of piperidine rings is 1. The molecule has 2 heterocycles. The molecule has 0 unspecified atom stereocenters. The number of nitrogens with zero attached hydrogens (tertiary/aromatic N) is 3. The lowest BCUT2D eigenvalue weighted by molar-refractivity contribution is -0.137. The van der Waals surface area contributed by atoms with Crippen LogP contribution in [0.4, 0.5) is 13.2 Å². The van der Waals surface area contributed by atoms with Gasteiger partial charge in [-0.1, -0.05) is 0 Å². The van der Waals surface area contributed by atoms with E-state index >= 15 is 0 Å². The molecule has 0 radical (unpaired) electrons. The third-order valence-electron chi connectivity index (χ3n) is 4.17. The van der Waals surface area contributed by atoms with E-state index in [0.29, 0.717) is 37.0 Å². The fraction of sp³-hybridized carbons (Fsp3) is 0.375. The van der Waals surface area contributed by atoms with Crippen LogP contribution in [0.25, 0.3) is 11.0 Å². The predicted octanol–water partition coefficient (Wildman–Crippen LogP) is 2.85. The number of imidazole rings is 1. The van der Waals surface area contributed by atoms with Crippen LogP contribution in [0, 0.1) is 12.3 Å². The summed E-state index contributed by atoms with van der Waals surface area (Å²) in [7, 11) is 0. The highest BCUT2D eigenvalue weighted by atomic mass is 19.4. The Balaban J connectivity index is 1.82. The van der Waals surface area contributed by atoms with E-state index in [9.17, 15) is 18.0 Å². The molecule has 0 aliphatic carbocycles. The van der Waals surface area contributed by atoms with Crippen LogP contribution in [-0.2, 0) is 11.0 Å². The fourth-order valence-electron chi connectivity index (χ4n) is 2.94. The van der Waals surface area contributed by atoms with Crippen LogP contribution in [0.1, 0.15) is 24.4 Å². The number of fused-ring (bicyclic) bond motifs is 1. The van der Waals surface area contributed by atoms with Crippen molar-refractivity contribution in [1.82, 2.24) is 14.5 Å². The smallest absolute Gasteiger partial charge is 0.332 e. The number of amides is 1. The van der Waals surface area contributed by atoms with Gasteiger partial charge in [0.25, 0.3) is 5.91 Å². The largest absolute Gasteiger partial charge is 0.416 e. The zero-order chi connectivity index (χ0) is 16.6. The number of benzene rings is 1. The molecule has 0 saturated carbocycles. The predicted molar refractivity (Wildman–Crippen MR) is 78.4 cm³/mol. The highest BCUT2D eigenvalue weighted by Crippen LogP contribution is 2.32. The molecule has 1 amide bonds. The number of hydrogen-bond acceptors (Lipinski definition) is 2. The second-order valence-electron chi connectivity index (χ2n) is 5.52. The monoisotopic (exact) mass is 321 g/mol. The minimum Gasteiger partial charge on any atom is -0.332 e. The molecule has 2 aromatic rings. The van der Waals surface area contributed by atoms with Crippen LogP contribution in [-0.4, -0.2) is 33.4 Å². The van der Waals surface area contributed by atoms with Gasteiger partial charge in [0.1, 0.15) is 0 Å². The van der Waals surface area contributed by atoms with E-state index in [1.165, 1.54) is 6.07 Å². The van der Waals surface area contributed by atoms with Crippen LogP contribution in [0.2, 0.25) is 0 Å². The SMILES string of the molecule is C#CC(=O)N1CCC(n2cnc3cc(C(F)(F)F)ccc32)CC1. The molecule has 0 N–H and O–H groups in total. The molecule has 23 heavy (non-hydrogen) atoms. The third kappa shape index (κ3) is 2.89. The Labute approximate surface area is 130 Å². The molecule has 1 aromatic heterocycles. The average molecular weight is 321 g/mol. The maximum Gasteiger partial charge on any atom is 0.416 e. The molecule has 1 aliphatic rings. The Kier molecular flexibility index (Phi) is 3.76. The van der Waals surface area contributed by atoms with Gasteiger partial charge in [-0.15, -0.1) is 6.42 Å². The molecule has 1 fully saturated rings. The van der Waals surface area contributed by atoms with Crippen LogP contribution in [0.15, 0.2) is 24.5 Å². The summed E-state index contributed by atoms with van der Waals surface area (Å²) in [6.45, 7) is 1.07. The Bertz CT molecular complexity index is 780. The third-order valence-corrected chi connectivity index (χ3v) is 4.17. The quantitative estimate of drug-likeness (QED) is 0.758. The van der Waals surface area contributed by atoms with Gasteiger partial charge in [0.2, 0.25) is 0 Å². The van der Waals surface area contributed by atoms with Gasteiger partial charge in [0.05, 0.1) is 22.9 Å². The lowest BCUT2D eigenvalue weighted by Crippen LogP contribution is -2.38. The number of carbonyl (C=O) groups is 1. The van der Waals surface area contributed by atoms with Crippen LogP contribution in [0.3, 0.4) is 0 Å². The van der Waals surface area contributed by atoms with Gasteiger partial charge in [0.15, 0.2) is 0 Å². The molecule has 0 atom stereocenters.